The second kappa shape index (κ2) is 6.34. The first-order valence-corrected chi connectivity index (χ1v) is 8.34. The minimum Gasteiger partial charge on any atom is -0.497 e. The smallest absolute Gasteiger partial charge is 0.354 e. The van der Waals surface area contributed by atoms with Crippen molar-refractivity contribution in [2.75, 3.05) is 12.0 Å². The molecule has 7 nitrogen and oxygen atoms in total. The SMILES string of the molecule is COc1ccc(N2Cc3nn(Cc4ccccc4Cl)c(=O)n3C2=O)cc1. The quantitative estimate of drug-likeness (QED) is 0.708. The first kappa shape index (κ1) is 16.4. The number of halogens is 1. The van der Waals surface area contributed by atoms with E-state index in [9.17, 15) is 9.59 Å². The fourth-order valence-electron chi connectivity index (χ4n) is 2.93. The van der Waals surface area contributed by atoms with E-state index in [2.05, 4.69) is 5.10 Å². The second-order valence-corrected chi connectivity index (χ2v) is 6.26. The molecule has 0 unspecified atom stereocenters. The molecule has 26 heavy (non-hydrogen) atoms. The minimum absolute atomic E-state index is 0.217. The number of benzene rings is 2. The van der Waals surface area contributed by atoms with Crippen LogP contribution in [0.3, 0.4) is 0 Å². The van der Waals surface area contributed by atoms with Crippen LogP contribution in [-0.2, 0) is 13.1 Å². The zero-order valence-corrected chi connectivity index (χ0v) is 14.7. The molecule has 0 aliphatic carbocycles. The number of fused-ring (bicyclic) bond motifs is 1. The van der Waals surface area contributed by atoms with Crippen molar-refractivity contribution in [2.24, 2.45) is 0 Å². The molecular weight excluding hydrogens is 356 g/mol. The number of nitrogens with zero attached hydrogens (tertiary/aromatic N) is 4. The fraction of sp³-hybridized carbons (Fsp3) is 0.167. The number of ether oxygens (including phenoxy) is 1. The van der Waals surface area contributed by atoms with Crippen molar-refractivity contribution in [1.82, 2.24) is 14.3 Å². The Morgan fingerprint density at radius 3 is 2.50 bits per heavy atom. The van der Waals surface area contributed by atoms with Gasteiger partial charge < -0.3 is 4.74 Å². The van der Waals surface area contributed by atoms with E-state index in [1.54, 1.807) is 37.4 Å². The molecule has 0 atom stereocenters. The lowest BCUT2D eigenvalue weighted by Gasteiger charge is -2.15. The number of hydrogen-bond donors (Lipinski definition) is 0. The molecule has 0 fully saturated rings. The van der Waals surface area contributed by atoms with Gasteiger partial charge in [0, 0.05) is 10.7 Å². The summed E-state index contributed by atoms with van der Waals surface area (Å²) < 4.78 is 7.48. The molecule has 2 heterocycles. The van der Waals surface area contributed by atoms with Crippen molar-refractivity contribution in [3.63, 3.8) is 0 Å². The van der Waals surface area contributed by atoms with Gasteiger partial charge in [-0.25, -0.2) is 14.3 Å². The topological polar surface area (TPSA) is 69.4 Å². The molecule has 0 N–H and O–H groups in total. The second-order valence-electron chi connectivity index (χ2n) is 5.85. The number of carbonyl (C=O) groups excluding carboxylic acids is 1. The number of rotatable bonds is 4. The predicted octanol–water partition coefficient (Wildman–Crippen LogP) is 2.74. The van der Waals surface area contributed by atoms with Crippen molar-refractivity contribution < 1.29 is 9.53 Å². The summed E-state index contributed by atoms with van der Waals surface area (Å²) in [5.41, 5.74) is 0.979. The predicted molar refractivity (Wildman–Crippen MR) is 97.0 cm³/mol. The van der Waals surface area contributed by atoms with Gasteiger partial charge in [0.1, 0.15) is 5.75 Å². The van der Waals surface area contributed by atoms with Gasteiger partial charge in [0.05, 0.1) is 20.2 Å². The zero-order chi connectivity index (χ0) is 18.3. The number of hydrogen-bond acceptors (Lipinski definition) is 4. The van der Waals surface area contributed by atoms with Crippen molar-refractivity contribution in [1.29, 1.82) is 0 Å². The van der Waals surface area contributed by atoms with Crippen molar-refractivity contribution >= 4 is 23.3 Å². The third kappa shape index (κ3) is 2.66. The van der Waals surface area contributed by atoms with Gasteiger partial charge in [-0.1, -0.05) is 29.8 Å². The highest BCUT2D eigenvalue weighted by Crippen LogP contribution is 2.25. The summed E-state index contributed by atoms with van der Waals surface area (Å²) in [6.07, 6.45) is 0. The van der Waals surface area contributed by atoms with Crippen LogP contribution in [0.2, 0.25) is 5.02 Å². The summed E-state index contributed by atoms with van der Waals surface area (Å²) in [6, 6.07) is 13.9. The van der Waals surface area contributed by atoms with E-state index in [1.807, 2.05) is 18.2 Å². The average molecular weight is 371 g/mol. The maximum atomic E-state index is 12.7. The minimum atomic E-state index is -0.471. The average Bonchev–Trinajstić information content (AvgIpc) is 3.14. The molecule has 4 rings (SSSR count). The molecule has 0 radical (unpaired) electrons. The zero-order valence-electron chi connectivity index (χ0n) is 13.9. The summed E-state index contributed by atoms with van der Waals surface area (Å²) in [7, 11) is 1.58. The number of anilines is 1. The van der Waals surface area contributed by atoms with Gasteiger partial charge in [-0.05, 0) is 35.9 Å². The van der Waals surface area contributed by atoms with E-state index in [0.29, 0.717) is 22.3 Å². The fourth-order valence-corrected chi connectivity index (χ4v) is 3.13. The summed E-state index contributed by atoms with van der Waals surface area (Å²) >= 11 is 6.14. The molecule has 8 heteroatoms. The molecule has 1 amide bonds. The lowest BCUT2D eigenvalue weighted by Crippen LogP contribution is -2.35. The normalized spacial score (nSPS) is 13.2. The molecule has 0 saturated heterocycles. The Balaban J connectivity index is 1.62. The summed E-state index contributed by atoms with van der Waals surface area (Å²) in [6.45, 7) is 0.449. The van der Waals surface area contributed by atoms with Gasteiger partial charge in [0.25, 0.3) is 0 Å². The van der Waals surface area contributed by atoms with Gasteiger partial charge in [-0.15, -0.1) is 0 Å². The maximum absolute atomic E-state index is 12.7. The van der Waals surface area contributed by atoms with Crippen LogP contribution >= 0.6 is 11.6 Å². The third-order valence-corrected chi connectivity index (χ3v) is 4.66. The van der Waals surface area contributed by atoms with Crippen LogP contribution in [0.5, 0.6) is 5.75 Å². The Bertz CT molecular complexity index is 1040. The maximum Gasteiger partial charge on any atom is 0.354 e. The highest BCUT2D eigenvalue weighted by Gasteiger charge is 2.33. The number of amides is 1. The molecule has 0 bridgehead atoms. The Kier molecular flexibility index (Phi) is 4.00. The van der Waals surface area contributed by atoms with E-state index in [-0.39, 0.29) is 13.1 Å². The standard InChI is InChI=1S/C18H15ClN4O3/c1-26-14-8-6-13(7-9-14)21-11-16-20-22(18(25)23(16)17(21)24)10-12-4-2-3-5-15(12)19/h2-9H,10-11H2,1H3. The van der Waals surface area contributed by atoms with E-state index < -0.39 is 11.7 Å². The summed E-state index contributed by atoms with van der Waals surface area (Å²) in [5.74, 6) is 1.10. The van der Waals surface area contributed by atoms with Gasteiger partial charge in [-0.2, -0.15) is 9.67 Å². The monoisotopic (exact) mass is 370 g/mol. The van der Waals surface area contributed by atoms with Crippen LogP contribution in [0.25, 0.3) is 0 Å². The van der Waals surface area contributed by atoms with Gasteiger partial charge >= 0.3 is 11.7 Å². The van der Waals surface area contributed by atoms with Crippen LogP contribution in [0, 0.1) is 0 Å². The molecule has 1 aliphatic heterocycles. The molecule has 2 aromatic carbocycles. The molecular formula is C18H15ClN4O3. The number of carbonyl (C=O) groups is 1. The van der Waals surface area contributed by atoms with Crippen LogP contribution in [0.15, 0.2) is 53.3 Å². The Morgan fingerprint density at radius 1 is 1.12 bits per heavy atom. The molecule has 1 aromatic heterocycles. The molecule has 132 valence electrons. The molecule has 0 spiro atoms. The van der Waals surface area contributed by atoms with E-state index in [1.165, 1.54) is 9.58 Å². The first-order valence-electron chi connectivity index (χ1n) is 7.96. The van der Waals surface area contributed by atoms with Crippen molar-refractivity contribution in [3.8, 4) is 5.75 Å². The summed E-state index contributed by atoms with van der Waals surface area (Å²) in [5, 5.41) is 4.86. The van der Waals surface area contributed by atoms with Gasteiger partial charge in [-0.3, -0.25) is 4.90 Å². The largest absolute Gasteiger partial charge is 0.497 e. The molecule has 0 saturated carbocycles. The lowest BCUT2D eigenvalue weighted by atomic mass is 10.2. The number of aromatic nitrogens is 3. The lowest BCUT2D eigenvalue weighted by molar-refractivity contribution is 0.250. The Hall–Kier alpha value is -3.06. The van der Waals surface area contributed by atoms with Crippen molar-refractivity contribution in [3.05, 3.63) is 75.4 Å². The van der Waals surface area contributed by atoms with Crippen molar-refractivity contribution in [2.45, 2.75) is 13.1 Å². The highest BCUT2D eigenvalue weighted by atomic mass is 35.5. The summed E-state index contributed by atoms with van der Waals surface area (Å²) in [4.78, 5) is 26.8. The van der Waals surface area contributed by atoms with E-state index >= 15 is 0 Å². The van der Waals surface area contributed by atoms with Gasteiger partial charge in [0.2, 0.25) is 0 Å². The van der Waals surface area contributed by atoms with E-state index in [4.69, 9.17) is 16.3 Å². The van der Waals surface area contributed by atoms with Gasteiger partial charge in [0.15, 0.2) is 5.82 Å². The van der Waals surface area contributed by atoms with E-state index in [0.717, 1.165) is 10.1 Å². The Morgan fingerprint density at radius 2 is 1.85 bits per heavy atom. The first-order chi connectivity index (χ1) is 12.6. The van der Waals surface area contributed by atoms with Crippen LogP contribution in [0.1, 0.15) is 11.4 Å². The van der Waals surface area contributed by atoms with Crippen LogP contribution < -0.4 is 15.3 Å². The third-order valence-electron chi connectivity index (χ3n) is 4.29. The number of methoxy groups -OCH3 is 1. The Labute approximate surface area is 154 Å². The highest BCUT2D eigenvalue weighted by molar-refractivity contribution is 6.31. The molecule has 1 aliphatic rings. The molecule has 3 aromatic rings. The van der Waals surface area contributed by atoms with Crippen LogP contribution in [0.4, 0.5) is 10.5 Å². The van der Waals surface area contributed by atoms with Crippen LogP contribution in [-0.4, -0.2) is 27.5 Å².